The molecule has 1 N–H and O–H groups in total. The predicted molar refractivity (Wildman–Crippen MR) is 74.3 cm³/mol. The molecule has 0 radical (unpaired) electrons. The van der Waals surface area contributed by atoms with Gasteiger partial charge in [0.1, 0.15) is 0 Å². The van der Waals surface area contributed by atoms with Gasteiger partial charge in [0.15, 0.2) is 0 Å². The van der Waals surface area contributed by atoms with Crippen molar-refractivity contribution in [2.75, 3.05) is 6.54 Å². The van der Waals surface area contributed by atoms with Crippen molar-refractivity contribution in [2.45, 2.75) is 51.5 Å². The third-order valence-electron chi connectivity index (χ3n) is 4.33. The van der Waals surface area contributed by atoms with E-state index in [1.54, 1.807) is 0 Å². The Hall–Kier alpha value is -0.820. The van der Waals surface area contributed by atoms with Crippen LogP contribution in [0.15, 0.2) is 30.3 Å². The summed E-state index contributed by atoms with van der Waals surface area (Å²) in [6, 6.07) is 11.8. The van der Waals surface area contributed by atoms with Gasteiger partial charge in [-0.2, -0.15) is 0 Å². The Morgan fingerprint density at radius 3 is 2.53 bits per heavy atom. The second kappa shape index (κ2) is 6.20. The summed E-state index contributed by atoms with van der Waals surface area (Å²) in [5.41, 5.74) is 1.53. The molecular weight excluding hydrogens is 206 g/mol. The summed E-state index contributed by atoms with van der Waals surface area (Å²) >= 11 is 0. The zero-order valence-corrected chi connectivity index (χ0v) is 11.2. The Labute approximate surface area is 106 Å². The maximum absolute atomic E-state index is 3.72. The molecule has 2 rings (SSSR count). The Morgan fingerprint density at radius 2 is 1.88 bits per heavy atom. The van der Waals surface area contributed by atoms with Crippen molar-refractivity contribution in [3.63, 3.8) is 0 Å². The van der Waals surface area contributed by atoms with E-state index < -0.39 is 0 Å². The van der Waals surface area contributed by atoms with Crippen molar-refractivity contribution in [1.29, 1.82) is 0 Å². The van der Waals surface area contributed by atoms with E-state index in [1.165, 1.54) is 37.8 Å². The van der Waals surface area contributed by atoms with Gasteiger partial charge in [-0.1, -0.05) is 57.0 Å². The summed E-state index contributed by atoms with van der Waals surface area (Å²) in [6.45, 7) is 5.82. The first-order valence-corrected chi connectivity index (χ1v) is 7.13. The fourth-order valence-electron chi connectivity index (χ4n) is 3.20. The van der Waals surface area contributed by atoms with Crippen LogP contribution < -0.4 is 5.32 Å². The lowest BCUT2D eigenvalue weighted by molar-refractivity contribution is 0.261. The molecule has 1 aliphatic heterocycles. The molecule has 1 aliphatic rings. The normalized spacial score (nSPS) is 25.1. The number of rotatable bonds is 4. The molecule has 0 unspecified atom stereocenters. The number of hydrogen-bond donors (Lipinski definition) is 1. The summed E-state index contributed by atoms with van der Waals surface area (Å²) in [7, 11) is 0. The molecule has 0 saturated carbocycles. The highest BCUT2D eigenvalue weighted by Crippen LogP contribution is 2.31. The van der Waals surface area contributed by atoms with E-state index in [-0.39, 0.29) is 0 Å². The van der Waals surface area contributed by atoms with Crippen molar-refractivity contribution < 1.29 is 0 Å². The molecule has 0 spiro atoms. The Morgan fingerprint density at radius 1 is 1.18 bits per heavy atom. The van der Waals surface area contributed by atoms with Crippen LogP contribution in [0, 0.1) is 5.92 Å². The smallest absolute Gasteiger partial charge is 0.0101 e. The van der Waals surface area contributed by atoms with E-state index in [0.717, 1.165) is 17.9 Å². The number of piperidine rings is 1. The molecule has 0 amide bonds. The standard InChI is InChI=1S/C16H25N/c1-3-13(4-2)16-12-15(10-11-17-16)14-8-6-5-7-9-14/h5-9,13,15-17H,3-4,10-12H2,1-2H3/t15-,16-/m0/s1. The summed E-state index contributed by atoms with van der Waals surface area (Å²) in [4.78, 5) is 0. The van der Waals surface area contributed by atoms with Crippen molar-refractivity contribution >= 4 is 0 Å². The summed E-state index contributed by atoms with van der Waals surface area (Å²) in [6.07, 6.45) is 5.21. The fraction of sp³-hybridized carbons (Fsp3) is 0.625. The topological polar surface area (TPSA) is 12.0 Å². The molecule has 1 saturated heterocycles. The molecule has 94 valence electrons. The van der Waals surface area contributed by atoms with Crippen LogP contribution in [0.5, 0.6) is 0 Å². The summed E-state index contributed by atoms with van der Waals surface area (Å²) in [5, 5.41) is 3.72. The van der Waals surface area contributed by atoms with Gasteiger partial charge in [0.05, 0.1) is 0 Å². The lowest BCUT2D eigenvalue weighted by atomic mass is 9.80. The van der Waals surface area contributed by atoms with Crippen LogP contribution in [0.3, 0.4) is 0 Å². The molecule has 0 aromatic heterocycles. The van der Waals surface area contributed by atoms with Gasteiger partial charge in [0.25, 0.3) is 0 Å². The van der Waals surface area contributed by atoms with E-state index in [9.17, 15) is 0 Å². The van der Waals surface area contributed by atoms with Crippen LogP contribution >= 0.6 is 0 Å². The third-order valence-corrected chi connectivity index (χ3v) is 4.33. The van der Waals surface area contributed by atoms with Crippen LogP contribution in [0.2, 0.25) is 0 Å². The predicted octanol–water partition coefficient (Wildman–Crippen LogP) is 3.96. The highest BCUT2D eigenvalue weighted by Gasteiger charge is 2.26. The first-order chi connectivity index (χ1) is 8.35. The second-order valence-electron chi connectivity index (χ2n) is 5.27. The number of hydrogen-bond acceptors (Lipinski definition) is 1. The van der Waals surface area contributed by atoms with Gasteiger partial charge in [-0.3, -0.25) is 0 Å². The molecule has 1 aromatic rings. The minimum atomic E-state index is 0.726. The van der Waals surface area contributed by atoms with Crippen LogP contribution in [0.4, 0.5) is 0 Å². The van der Waals surface area contributed by atoms with Crippen molar-refractivity contribution in [3.8, 4) is 0 Å². The lowest BCUT2D eigenvalue weighted by Gasteiger charge is -2.35. The average molecular weight is 231 g/mol. The monoisotopic (exact) mass is 231 g/mol. The zero-order valence-electron chi connectivity index (χ0n) is 11.2. The molecule has 1 heterocycles. The van der Waals surface area contributed by atoms with Gasteiger partial charge < -0.3 is 5.32 Å². The second-order valence-corrected chi connectivity index (χ2v) is 5.27. The highest BCUT2D eigenvalue weighted by atomic mass is 14.9. The van der Waals surface area contributed by atoms with Crippen molar-refractivity contribution in [2.24, 2.45) is 5.92 Å². The molecule has 17 heavy (non-hydrogen) atoms. The molecule has 2 atom stereocenters. The van der Waals surface area contributed by atoms with Gasteiger partial charge >= 0.3 is 0 Å². The minimum Gasteiger partial charge on any atom is -0.314 e. The van der Waals surface area contributed by atoms with Crippen LogP contribution in [-0.2, 0) is 0 Å². The van der Waals surface area contributed by atoms with Crippen LogP contribution in [0.1, 0.15) is 51.0 Å². The van der Waals surface area contributed by atoms with E-state index in [1.807, 2.05) is 0 Å². The number of benzene rings is 1. The minimum absolute atomic E-state index is 0.726. The van der Waals surface area contributed by atoms with E-state index in [4.69, 9.17) is 0 Å². The average Bonchev–Trinajstić information content (AvgIpc) is 2.42. The maximum Gasteiger partial charge on any atom is 0.0101 e. The van der Waals surface area contributed by atoms with Crippen molar-refractivity contribution in [1.82, 2.24) is 5.32 Å². The molecule has 0 aliphatic carbocycles. The first kappa shape index (κ1) is 12.6. The maximum atomic E-state index is 3.72. The SMILES string of the molecule is CCC(CC)[C@@H]1C[C@@H](c2ccccc2)CCN1. The van der Waals surface area contributed by atoms with Gasteiger partial charge in [0.2, 0.25) is 0 Å². The number of nitrogens with one attached hydrogen (secondary N) is 1. The first-order valence-electron chi connectivity index (χ1n) is 7.13. The van der Waals surface area contributed by atoms with Gasteiger partial charge in [-0.25, -0.2) is 0 Å². The van der Waals surface area contributed by atoms with Gasteiger partial charge in [0, 0.05) is 6.04 Å². The van der Waals surface area contributed by atoms with Crippen LogP contribution in [-0.4, -0.2) is 12.6 Å². The summed E-state index contributed by atoms with van der Waals surface area (Å²) in [5.74, 6) is 1.62. The fourth-order valence-corrected chi connectivity index (χ4v) is 3.20. The van der Waals surface area contributed by atoms with E-state index in [2.05, 4.69) is 49.5 Å². The van der Waals surface area contributed by atoms with Gasteiger partial charge in [-0.15, -0.1) is 0 Å². The zero-order chi connectivity index (χ0) is 12.1. The molecule has 1 heteroatoms. The Balaban J connectivity index is 2.02. The van der Waals surface area contributed by atoms with E-state index in [0.29, 0.717) is 0 Å². The molecule has 1 nitrogen and oxygen atoms in total. The van der Waals surface area contributed by atoms with E-state index >= 15 is 0 Å². The molecule has 1 fully saturated rings. The Kier molecular flexibility index (Phi) is 4.61. The largest absolute Gasteiger partial charge is 0.314 e. The molecule has 1 aromatic carbocycles. The quantitative estimate of drug-likeness (QED) is 0.827. The lowest BCUT2D eigenvalue weighted by Crippen LogP contribution is -2.42. The molecular formula is C16H25N. The summed E-state index contributed by atoms with van der Waals surface area (Å²) < 4.78 is 0. The van der Waals surface area contributed by atoms with Gasteiger partial charge in [-0.05, 0) is 36.8 Å². The Bertz CT molecular complexity index is 316. The van der Waals surface area contributed by atoms with Crippen LogP contribution in [0.25, 0.3) is 0 Å². The van der Waals surface area contributed by atoms with Crippen molar-refractivity contribution in [3.05, 3.63) is 35.9 Å². The highest BCUT2D eigenvalue weighted by molar-refractivity contribution is 5.20. The molecule has 0 bridgehead atoms. The third kappa shape index (κ3) is 3.10.